The lowest BCUT2D eigenvalue weighted by molar-refractivity contribution is -0.118. The first-order valence-electron chi connectivity index (χ1n) is 6.40. The normalized spacial score (nSPS) is 23.6. The van der Waals surface area contributed by atoms with Crippen LogP contribution in [0.5, 0.6) is 0 Å². The molecule has 4 heteroatoms. The average molecular weight is 279 g/mol. The lowest BCUT2D eigenvalue weighted by atomic mass is 10.1. The van der Waals surface area contributed by atoms with Crippen molar-refractivity contribution >= 4 is 23.2 Å². The molecule has 1 N–H and O–H groups in total. The third-order valence-electron chi connectivity index (χ3n) is 3.70. The Labute approximate surface area is 119 Å². The van der Waals surface area contributed by atoms with Crippen LogP contribution < -0.4 is 5.32 Å². The maximum absolute atomic E-state index is 12.3. The van der Waals surface area contributed by atoms with Crippen LogP contribution in [0.3, 0.4) is 0 Å². The van der Waals surface area contributed by atoms with E-state index in [0.717, 1.165) is 0 Å². The van der Waals surface area contributed by atoms with Crippen LogP contribution in [-0.4, -0.2) is 10.9 Å². The van der Waals surface area contributed by atoms with Crippen molar-refractivity contribution in [3.8, 4) is 0 Å². The van der Waals surface area contributed by atoms with E-state index in [0.29, 0.717) is 16.8 Å². The smallest absolute Gasteiger partial charge is 0.228 e. The van der Waals surface area contributed by atoms with Crippen molar-refractivity contribution in [3.63, 3.8) is 0 Å². The number of rotatable bonds is 3. The van der Waals surface area contributed by atoms with Crippen LogP contribution in [0.15, 0.2) is 30.0 Å². The fraction of sp³-hybridized carbons (Fsp3) is 0.467. The van der Waals surface area contributed by atoms with Gasteiger partial charge in [0.25, 0.3) is 0 Å². The van der Waals surface area contributed by atoms with E-state index in [4.69, 9.17) is 11.6 Å². The van der Waals surface area contributed by atoms with Gasteiger partial charge in [-0.05, 0) is 37.3 Å². The summed E-state index contributed by atoms with van der Waals surface area (Å²) < 4.78 is 0. The number of allylic oxidation sites excluding steroid dienone is 2. The maximum Gasteiger partial charge on any atom is 0.228 e. The summed E-state index contributed by atoms with van der Waals surface area (Å²) in [6.45, 7) is 8.37. The highest BCUT2D eigenvalue weighted by molar-refractivity contribution is 6.29. The van der Waals surface area contributed by atoms with E-state index in [-0.39, 0.29) is 17.2 Å². The molecule has 0 aliphatic heterocycles. The summed E-state index contributed by atoms with van der Waals surface area (Å²) in [4.78, 5) is 16.2. The molecular formula is C15H19ClN2O. The maximum atomic E-state index is 12.3. The summed E-state index contributed by atoms with van der Waals surface area (Å²) in [6, 6.07) is 3.40. The second-order valence-corrected chi connectivity index (χ2v) is 6.31. The number of halogens is 1. The minimum absolute atomic E-state index is 0.0225. The first-order chi connectivity index (χ1) is 8.82. The van der Waals surface area contributed by atoms with E-state index in [2.05, 4.69) is 44.1 Å². The number of nitrogens with one attached hydrogen (secondary N) is 1. The van der Waals surface area contributed by atoms with Crippen molar-refractivity contribution in [2.45, 2.75) is 27.7 Å². The topological polar surface area (TPSA) is 42.0 Å². The van der Waals surface area contributed by atoms with Gasteiger partial charge in [0.1, 0.15) is 5.15 Å². The summed E-state index contributed by atoms with van der Waals surface area (Å²) >= 11 is 5.81. The highest BCUT2D eigenvalue weighted by atomic mass is 35.5. The Morgan fingerprint density at radius 2 is 2.16 bits per heavy atom. The van der Waals surface area contributed by atoms with Gasteiger partial charge in [0.2, 0.25) is 5.91 Å². The summed E-state index contributed by atoms with van der Waals surface area (Å²) in [6.07, 6.45) is 3.77. The molecule has 1 aliphatic rings. The van der Waals surface area contributed by atoms with E-state index in [1.165, 1.54) is 5.57 Å². The molecule has 0 bridgehead atoms. The predicted molar refractivity (Wildman–Crippen MR) is 78.1 cm³/mol. The minimum atomic E-state index is 0.0225. The molecular weight excluding hydrogens is 260 g/mol. The van der Waals surface area contributed by atoms with Gasteiger partial charge in [-0.15, -0.1) is 0 Å². The fourth-order valence-corrected chi connectivity index (χ4v) is 2.72. The number of hydrogen-bond acceptors (Lipinski definition) is 2. The Kier molecular flexibility index (Phi) is 3.68. The molecule has 102 valence electrons. The predicted octanol–water partition coefficient (Wildman–Crippen LogP) is 3.91. The summed E-state index contributed by atoms with van der Waals surface area (Å²) in [5.41, 5.74) is 1.97. The van der Waals surface area contributed by atoms with Gasteiger partial charge in [-0.1, -0.05) is 37.1 Å². The summed E-state index contributed by atoms with van der Waals surface area (Å²) in [5, 5.41) is 3.29. The zero-order valence-electron chi connectivity index (χ0n) is 11.7. The highest BCUT2D eigenvalue weighted by Crippen LogP contribution is 2.59. The fourth-order valence-electron chi connectivity index (χ4n) is 2.55. The summed E-state index contributed by atoms with van der Waals surface area (Å²) in [7, 11) is 0. The van der Waals surface area contributed by atoms with E-state index >= 15 is 0 Å². The molecule has 3 nitrogen and oxygen atoms in total. The zero-order valence-corrected chi connectivity index (χ0v) is 12.5. The Hall–Kier alpha value is -1.35. The Balaban J connectivity index is 2.08. The Bertz CT molecular complexity index is 533. The van der Waals surface area contributed by atoms with Crippen LogP contribution in [0.2, 0.25) is 5.15 Å². The molecule has 19 heavy (non-hydrogen) atoms. The SMILES string of the molecule is CC(C)=CC1C(C(=O)Nc2ccnc(Cl)c2)C1(C)C. The molecule has 1 saturated carbocycles. The van der Waals surface area contributed by atoms with Crippen molar-refractivity contribution in [1.29, 1.82) is 0 Å². The molecule has 1 aliphatic carbocycles. The zero-order chi connectivity index (χ0) is 14.2. The van der Waals surface area contributed by atoms with Gasteiger partial charge in [0.05, 0.1) is 5.92 Å². The number of nitrogens with zero attached hydrogens (tertiary/aromatic N) is 1. The number of carbonyl (C=O) groups excluding carboxylic acids is 1. The third-order valence-corrected chi connectivity index (χ3v) is 3.91. The second-order valence-electron chi connectivity index (χ2n) is 5.93. The number of anilines is 1. The standard InChI is InChI=1S/C15H19ClN2O/c1-9(2)7-11-13(15(11,3)4)14(19)18-10-5-6-17-12(16)8-10/h5-8,11,13H,1-4H3,(H,17,18,19). The monoisotopic (exact) mass is 278 g/mol. The molecule has 1 aromatic heterocycles. The van der Waals surface area contributed by atoms with Crippen LogP contribution >= 0.6 is 11.6 Å². The van der Waals surface area contributed by atoms with Gasteiger partial charge in [-0.3, -0.25) is 4.79 Å². The van der Waals surface area contributed by atoms with Crippen molar-refractivity contribution in [1.82, 2.24) is 4.98 Å². The van der Waals surface area contributed by atoms with Crippen LogP contribution in [-0.2, 0) is 4.79 Å². The van der Waals surface area contributed by atoms with Gasteiger partial charge in [0.15, 0.2) is 0 Å². The Morgan fingerprint density at radius 1 is 1.47 bits per heavy atom. The lowest BCUT2D eigenvalue weighted by Gasteiger charge is -2.05. The van der Waals surface area contributed by atoms with Crippen LogP contribution in [0, 0.1) is 17.3 Å². The van der Waals surface area contributed by atoms with Gasteiger partial charge < -0.3 is 5.32 Å². The molecule has 0 spiro atoms. The molecule has 0 aromatic carbocycles. The number of aromatic nitrogens is 1. The highest BCUT2D eigenvalue weighted by Gasteiger charge is 2.60. The van der Waals surface area contributed by atoms with Crippen molar-refractivity contribution in [2.75, 3.05) is 5.32 Å². The quantitative estimate of drug-likeness (QED) is 0.673. The molecule has 1 heterocycles. The molecule has 0 radical (unpaired) electrons. The molecule has 2 rings (SSSR count). The minimum Gasteiger partial charge on any atom is -0.326 e. The van der Waals surface area contributed by atoms with E-state index < -0.39 is 0 Å². The van der Waals surface area contributed by atoms with E-state index in [1.807, 2.05) is 0 Å². The van der Waals surface area contributed by atoms with Crippen molar-refractivity contribution in [2.24, 2.45) is 17.3 Å². The van der Waals surface area contributed by atoms with Crippen LogP contribution in [0.4, 0.5) is 5.69 Å². The van der Waals surface area contributed by atoms with Gasteiger partial charge >= 0.3 is 0 Å². The lowest BCUT2D eigenvalue weighted by Crippen LogP contribution is -2.16. The largest absolute Gasteiger partial charge is 0.326 e. The number of carbonyl (C=O) groups is 1. The number of pyridine rings is 1. The van der Waals surface area contributed by atoms with Crippen LogP contribution in [0.25, 0.3) is 0 Å². The first-order valence-corrected chi connectivity index (χ1v) is 6.77. The Morgan fingerprint density at radius 3 is 2.74 bits per heavy atom. The van der Waals surface area contributed by atoms with Crippen molar-refractivity contribution in [3.05, 3.63) is 35.1 Å². The molecule has 2 atom stereocenters. The second kappa shape index (κ2) is 4.97. The number of hydrogen-bond donors (Lipinski definition) is 1. The molecule has 2 unspecified atom stereocenters. The van der Waals surface area contributed by atoms with Crippen molar-refractivity contribution < 1.29 is 4.79 Å². The molecule has 1 aromatic rings. The summed E-state index contributed by atoms with van der Waals surface area (Å²) in [5.74, 6) is 0.388. The first kappa shape index (κ1) is 14.1. The molecule has 1 amide bonds. The average Bonchev–Trinajstić information content (AvgIpc) is 2.79. The molecule has 0 saturated heterocycles. The van der Waals surface area contributed by atoms with Crippen LogP contribution in [0.1, 0.15) is 27.7 Å². The van der Waals surface area contributed by atoms with Gasteiger partial charge in [-0.25, -0.2) is 4.98 Å². The third kappa shape index (κ3) is 2.98. The van der Waals surface area contributed by atoms with Gasteiger partial charge in [-0.2, -0.15) is 0 Å². The number of amides is 1. The van der Waals surface area contributed by atoms with E-state index in [1.54, 1.807) is 18.3 Å². The van der Waals surface area contributed by atoms with E-state index in [9.17, 15) is 4.79 Å². The van der Waals surface area contributed by atoms with Gasteiger partial charge in [0, 0.05) is 11.9 Å². The molecule has 1 fully saturated rings.